The first-order valence-corrected chi connectivity index (χ1v) is 12.7. The Bertz CT molecular complexity index is 1240. The topological polar surface area (TPSA) is 66.5 Å². The lowest BCUT2D eigenvalue weighted by Crippen LogP contribution is -2.23. The number of carbonyl (C=O) groups excluding carboxylic acids is 1. The van der Waals surface area contributed by atoms with E-state index in [2.05, 4.69) is 34.5 Å². The number of halogens is 2. The molecular formula is C26H26F2N2O3S. The highest BCUT2D eigenvalue weighted by molar-refractivity contribution is 7.91. The van der Waals surface area contributed by atoms with Gasteiger partial charge in [0.25, 0.3) is 5.91 Å². The van der Waals surface area contributed by atoms with Gasteiger partial charge in [-0.3, -0.25) is 9.69 Å². The summed E-state index contributed by atoms with van der Waals surface area (Å²) in [6.45, 7) is 3.51. The third-order valence-electron chi connectivity index (χ3n) is 6.01. The number of hydrogen-bond acceptors (Lipinski definition) is 4. The van der Waals surface area contributed by atoms with Crippen LogP contribution < -0.4 is 5.32 Å². The molecule has 0 bridgehead atoms. The van der Waals surface area contributed by atoms with Gasteiger partial charge in [0, 0.05) is 18.7 Å². The summed E-state index contributed by atoms with van der Waals surface area (Å²) in [5.74, 6) is -3.92. The monoisotopic (exact) mass is 484 g/mol. The summed E-state index contributed by atoms with van der Waals surface area (Å²) < 4.78 is 48.5. The second-order valence-corrected chi connectivity index (χ2v) is 10.3. The highest BCUT2D eigenvalue weighted by Gasteiger charge is 2.26. The molecule has 1 saturated heterocycles. The lowest BCUT2D eigenvalue weighted by Gasteiger charge is -2.15. The molecule has 34 heavy (non-hydrogen) atoms. The van der Waals surface area contributed by atoms with Crippen LogP contribution in [0.2, 0.25) is 0 Å². The van der Waals surface area contributed by atoms with Crippen LogP contribution in [0, 0.1) is 0 Å². The Balaban J connectivity index is 1.43. The zero-order chi connectivity index (χ0) is 24.1. The smallest absolute Gasteiger partial charge is 0.341 e. The number of alkyl halides is 2. The van der Waals surface area contributed by atoms with Crippen molar-refractivity contribution in [2.45, 2.75) is 36.6 Å². The van der Waals surface area contributed by atoms with Crippen molar-refractivity contribution in [1.29, 1.82) is 0 Å². The van der Waals surface area contributed by atoms with E-state index in [1.807, 2.05) is 24.3 Å². The Morgan fingerprint density at radius 3 is 2.21 bits per heavy atom. The number of nitrogens with one attached hydrogen (secondary N) is 1. The normalized spacial score (nSPS) is 14.4. The van der Waals surface area contributed by atoms with Crippen LogP contribution in [-0.2, 0) is 22.9 Å². The third kappa shape index (κ3) is 5.51. The van der Waals surface area contributed by atoms with Gasteiger partial charge in [-0.15, -0.1) is 0 Å². The fourth-order valence-electron chi connectivity index (χ4n) is 4.12. The SMILES string of the molecule is O=C(NCc1ccccc1-c1ccc(CN2CCCC2)cc1)c1ccc(S(=O)(=O)C(F)F)cc1. The molecule has 8 heteroatoms. The van der Waals surface area contributed by atoms with Crippen LogP contribution in [0.3, 0.4) is 0 Å². The van der Waals surface area contributed by atoms with Crippen LogP contribution in [0.15, 0.2) is 77.7 Å². The van der Waals surface area contributed by atoms with Crippen LogP contribution in [-0.4, -0.2) is 38.1 Å². The molecule has 0 radical (unpaired) electrons. The zero-order valence-electron chi connectivity index (χ0n) is 18.6. The molecule has 0 spiro atoms. The molecule has 0 aromatic heterocycles. The number of hydrogen-bond donors (Lipinski definition) is 1. The molecule has 0 atom stereocenters. The quantitative estimate of drug-likeness (QED) is 0.495. The number of sulfone groups is 1. The molecule has 1 amide bonds. The summed E-state index contributed by atoms with van der Waals surface area (Å²) >= 11 is 0. The van der Waals surface area contributed by atoms with Crippen molar-refractivity contribution in [2.75, 3.05) is 13.1 Å². The lowest BCUT2D eigenvalue weighted by atomic mass is 9.98. The average Bonchev–Trinajstić information content (AvgIpc) is 3.36. The Kier molecular flexibility index (Phi) is 7.38. The fraction of sp³-hybridized carbons (Fsp3) is 0.269. The minimum atomic E-state index is -4.69. The molecule has 5 nitrogen and oxygen atoms in total. The van der Waals surface area contributed by atoms with Crippen LogP contribution in [0.25, 0.3) is 11.1 Å². The van der Waals surface area contributed by atoms with Gasteiger partial charge in [-0.1, -0.05) is 48.5 Å². The van der Waals surface area contributed by atoms with Gasteiger partial charge in [-0.2, -0.15) is 8.78 Å². The number of benzene rings is 3. The minimum Gasteiger partial charge on any atom is -0.348 e. The van der Waals surface area contributed by atoms with Crippen molar-refractivity contribution < 1.29 is 22.0 Å². The van der Waals surface area contributed by atoms with E-state index in [0.29, 0.717) is 0 Å². The van der Waals surface area contributed by atoms with Crippen LogP contribution in [0.4, 0.5) is 8.78 Å². The summed E-state index contributed by atoms with van der Waals surface area (Å²) in [5.41, 5.74) is 4.45. The number of rotatable bonds is 8. The maximum atomic E-state index is 12.7. The number of amides is 1. The van der Waals surface area contributed by atoms with Crippen molar-refractivity contribution in [3.05, 3.63) is 89.5 Å². The van der Waals surface area contributed by atoms with Gasteiger partial charge in [0.1, 0.15) is 0 Å². The van der Waals surface area contributed by atoms with E-state index in [9.17, 15) is 22.0 Å². The van der Waals surface area contributed by atoms with Gasteiger partial charge in [0.05, 0.1) is 4.90 Å². The second kappa shape index (κ2) is 10.4. The lowest BCUT2D eigenvalue weighted by molar-refractivity contribution is 0.0951. The molecule has 4 rings (SSSR count). The van der Waals surface area contributed by atoms with Crippen molar-refractivity contribution in [3.8, 4) is 11.1 Å². The van der Waals surface area contributed by atoms with E-state index >= 15 is 0 Å². The Morgan fingerprint density at radius 1 is 0.912 bits per heavy atom. The molecule has 1 fully saturated rings. The molecular weight excluding hydrogens is 458 g/mol. The highest BCUT2D eigenvalue weighted by Crippen LogP contribution is 2.25. The predicted octanol–water partition coefficient (Wildman–Crippen LogP) is 4.88. The molecule has 1 aliphatic rings. The summed E-state index contributed by atoms with van der Waals surface area (Å²) in [6, 6.07) is 20.7. The summed E-state index contributed by atoms with van der Waals surface area (Å²) in [6.07, 6.45) is 2.52. The van der Waals surface area contributed by atoms with Crippen molar-refractivity contribution >= 4 is 15.7 Å². The van der Waals surface area contributed by atoms with E-state index in [0.717, 1.165) is 48.5 Å². The number of nitrogens with zero attached hydrogens (tertiary/aromatic N) is 1. The van der Waals surface area contributed by atoms with E-state index in [1.54, 1.807) is 0 Å². The first-order valence-electron chi connectivity index (χ1n) is 11.1. The maximum Gasteiger partial charge on any atom is 0.341 e. The standard InChI is InChI=1S/C26H26F2N2O3S/c27-26(28)34(32,33)23-13-11-21(12-14-23)25(31)29-17-22-5-1-2-6-24(22)20-9-7-19(8-10-20)18-30-15-3-4-16-30/h1-2,5-14,26H,3-4,15-18H2,(H,29,31). The number of carbonyl (C=O) groups is 1. The second-order valence-electron chi connectivity index (χ2n) is 8.35. The van der Waals surface area contributed by atoms with E-state index < -0.39 is 26.4 Å². The number of likely N-dealkylation sites (tertiary alicyclic amines) is 1. The Morgan fingerprint density at radius 2 is 1.56 bits per heavy atom. The molecule has 178 valence electrons. The van der Waals surface area contributed by atoms with E-state index in [1.165, 1.54) is 30.5 Å². The summed E-state index contributed by atoms with van der Waals surface area (Å²) in [7, 11) is -4.69. The molecule has 0 unspecified atom stereocenters. The maximum absolute atomic E-state index is 12.7. The van der Waals surface area contributed by atoms with Gasteiger partial charge in [-0.25, -0.2) is 8.42 Å². The molecule has 3 aromatic carbocycles. The highest BCUT2D eigenvalue weighted by atomic mass is 32.2. The van der Waals surface area contributed by atoms with Gasteiger partial charge in [0.15, 0.2) is 0 Å². The van der Waals surface area contributed by atoms with Crippen molar-refractivity contribution in [2.24, 2.45) is 0 Å². The third-order valence-corrected chi connectivity index (χ3v) is 7.40. The summed E-state index contributed by atoms with van der Waals surface area (Å²) in [4.78, 5) is 14.5. The molecule has 0 aliphatic carbocycles. The first-order chi connectivity index (χ1) is 16.3. The van der Waals surface area contributed by atoms with Gasteiger partial charge >= 0.3 is 5.76 Å². The molecule has 3 aromatic rings. The molecule has 1 aliphatic heterocycles. The molecule has 1 heterocycles. The Labute approximate surface area is 198 Å². The molecule has 0 saturated carbocycles. The van der Waals surface area contributed by atoms with Crippen LogP contribution in [0.5, 0.6) is 0 Å². The predicted molar refractivity (Wildman–Crippen MR) is 127 cm³/mol. The molecule has 1 N–H and O–H groups in total. The van der Waals surface area contributed by atoms with E-state index in [-0.39, 0.29) is 12.1 Å². The average molecular weight is 485 g/mol. The zero-order valence-corrected chi connectivity index (χ0v) is 19.4. The van der Waals surface area contributed by atoms with Crippen LogP contribution >= 0.6 is 0 Å². The van der Waals surface area contributed by atoms with Crippen molar-refractivity contribution in [3.63, 3.8) is 0 Å². The Hall–Kier alpha value is -3.10. The minimum absolute atomic E-state index is 0.192. The largest absolute Gasteiger partial charge is 0.348 e. The first kappa shape index (κ1) is 24.0. The summed E-state index contributed by atoms with van der Waals surface area (Å²) in [5, 5.41) is 2.82. The van der Waals surface area contributed by atoms with Gasteiger partial charge < -0.3 is 5.32 Å². The van der Waals surface area contributed by atoms with Crippen molar-refractivity contribution in [1.82, 2.24) is 10.2 Å². The van der Waals surface area contributed by atoms with Gasteiger partial charge in [-0.05, 0) is 72.5 Å². The van der Waals surface area contributed by atoms with E-state index in [4.69, 9.17) is 0 Å². The van der Waals surface area contributed by atoms with Gasteiger partial charge in [0.2, 0.25) is 9.84 Å². The van der Waals surface area contributed by atoms with Crippen LogP contribution in [0.1, 0.15) is 34.3 Å². The fourth-order valence-corrected chi connectivity index (χ4v) is 4.84.